The lowest BCUT2D eigenvalue weighted by Crippen LogP contribution is -1.87. The number of aromatic hydroxyl groups is 1. The maximum absolute atomic E-state index is 12.6. The first-order valence-electron chi connectivity index (χ1n) is 2.98. The first kappa shape index (κ1) is 9.38. The van der Waals surface area contributed by atoms with Crippen molar-refractivity contribution < 1.29 is 18.3 Å². The van der Waals surface area contributed by atoms with E-state index < -0.39 is 23.6 Å². The molecule has 66 valence electrons. The van der Waals surface area contributed by atoms with Crippen LogP contribution in [0.3, 0.4) is 0 Å². The van der Waals surface area contributed by atoms with Gasteiger partial charge in [-0.05, 0) is 28.1 Å². The van der Waals surface area contributed by atoms with E-state index in [1.807, 2.05) is 0 Å². The molecule has 1 aromatic rings. The van der Waals surface area contributed by atoms with Gasteiger partial charge in [-0.2, -0.15) is 0 Å². The number of halogens is 4. The molecular weight excluding hydrogens is 237 g/mol. The van der Waals surface area contributed by atoms with Gasteiger partial charge >= 0.3 is 0 Å². The summed E-state index contributed by atoms with van der Waals surface area (Å²) in [6.07, 6.45) is -2.74. The molecule has 0 radical (unpaired) electrons. The summed E-state index contributed by atoms with van der Waals surface area (Å²) in [7, 11) is 0. The van der Waals surface area contributed by atoms with Gasteiger partial charge < -0.3 is 5.11 Å². The van der Waals surface area contributed by atoms with Crippen molar-refractivity contribution >= 4 is 15.9 Å². The van der Waals surface area contributed by atoms with E-state index in [2.05, 4.69) is 15.9 Å². The summed E-state index contributed by atoms with van der Waals surface area (Å²) in [5.74, 6) is -1.71. The van der Waals surface area contributed by atoms with E-state index >= 15 is 0 Å². The van der Waals surface area contributed by atoms with Crippen molar-refractivity contribution in [2.45, 2.75) is 6.43 Å². The molecule has 1 rings (SSSR count). The van der Waals surface area contributed by atoms with Crippen LogP contribution in [0.25, 0.3) is 0 Å². The van der Waals surface area contributed by atoms with Crippen LogP contribution < -0.4 is 0 Å². The number of phenols is 1. The predicted octanol–water partition coefficient (Wildman–Crippen LogP) is 3.23. The van der Waals surface area contributed by atoms with Gasteiger partial charge in [-0.15, -0.1) is 0 Å². The Balaban J connectivity index is 3.21. The van der Waals surface area contributed by atoms with Crippen LogP contribution in [0.4, 0.5) is 13.2 Å². The second kappa shape index (κ2) is 3.35. The lowest BCUT2D eigenvalue weighted by atomic mass is 10.2. The molecule has 0 amide bonds. The summed E-state index contributed by atoms with van der Waals surface area (Å²) in [5.41, 5.74) is -0.461. The van der Waals surface area contributed by atoms with Gasteiger partial charge in [0.25, 0.3) is 6.43 Å². The molecule has 12 heavy (non-hydrogen) atoms. The first-order chi connectivity index (χ1) is 5.52. The van der Waals surface area contributed by atoms with Gasteiger partial charge in [-0.1, -0.05) is 0 Å². The standard InChI is InChI=1S/C7H4BrF3O/c8-4-1-3(7(10)11)2-5(9)6(4)12/h1-2,7,12H. The van der Waals surface area contributed by atoms with E-state index in [9.17, 15) is 13.2 Å². The van der Waals surface area contributed by atoms with Gasteiger partial charge in [-0.3, -0.25) is 0 Å². The van der Waals surface area contributed by atoms with Gasteiger partial charge in [0.15, 0.2) is 11.6 Å². The zero-order valence-electron chi connectivity index (χ0n) is 5.69. The minimum Gasteiger partial charge on any atom is -0.504 e. The van der Waals surface area contributed by atoms with Gasteiger partial charge in [0.05, 0.1) is 4.47 Å². The minimum absolute atomic E-state index is 0.0715. The molecule has 0 aliphatic carbocycles. The second-order valence-electron chi connectivity index (χ2n) is 2.13. The molecule has 0 saturated heterocycles. The molecule has 0 atom stereocenters. The summed E-state index contributed by atoms with van der Waals surface area (Å²) in [6, 6.07) is 1.58. The van der Waals surface area contributed by atoms with Gasteiger partial charge in [-0.25, -0.2) is 13.2 Å². The van der Waals surface area contributed by atoms with Crippen LogP contribution in [0.15, 0.2) is 16.6 Å². The minimum atomic E-state index is -2.74. The van der Waals surface area contributed by atoms with Gasteiger partial charge in [0, 0.05) is 5.56 Å². The number of hydrogen-bond donors (Lipinski definition) is 1. The molecule has 0 heterocycles. The molecule has 0 fully saturated rings. The number of hydrogen-bond acceptors (Lipinski definition) is 1. The quantitative estimate of drug-likeness (QED) is 0.800. The van der Waals surface area contributed by atoms with Crippen LogP contribution in [0, 0.1) is 5.82 Å². The molecule has 0 aliphatic heterocycles. The fraction of sp³-hybridized carbons (Fsp3) is 0.143. The zero-order chi connectivity index (χ0) is 9.30. The topological polar surface area (TPSA) is 20.2 Å². The molecule has 1 nitrogen and oxygen atoms in total. The molecule has 1 N–H and O–H groups in total. The maximum atomic E-state index is 12.6. The fourth-order valence-corrected chi connectivity index (χ4v) is 1.16. The molecule has 0 spiro atoms. The molecule has 0 aromatic heterocycles. The first-order valence-corrected chi connectivity index (χ1v) is 3.77. The van der Waals surface area contributed by atoms with E-state index in [0.717, 1.165) is 6.07 Å². The molecule has 0 unspecified atom stereocenters. The summed E-state index contributed by atoms with van der Waals surface area (Å²) < 4.78 is 36.5. The van der Waals surface area contributed by atoms with Crippen molar-refractivity contribution in [2.24, 2.45) is 0 Å². The lowest BCUT2D eigenvalue weighted by Gasteiger charge is -2.02. The molecular formula is C7H4BrF3O. The van der Waals surface area contributed by atoms with Crippen LogP contribution in [-0.2, 0) is 0 Å². The third kappa shape index (κ3) is 1.72. The largest absolute Gasteiger partial charge is 0.504 e. The number of benzene rings is 1. The highest BCUT2D eigenvalue weighted by Gasteiger charge is 2.13. The van der Waals surface area contributed by atoms with E-state index in [-0.39, 0.29) is 4.47 Å². The fourth-order valence-electron chi connectivity index (χ4n) is 0.711. The highest BCUT2D eigenvalue weighted by Crippen LogP contribution is 2.31. The van der Waals surface area contributed by atoms with Crippen LogP contribution in [0.5, 0.6) is 5.75 Å². The van der Waals surface area contributed by atoms with Crippen molar-refractivity contribution in [3.05, 3.63) is 28.0 Å². The summed E-state index contributed by atoms with van der Waals surface area (Å²) in [5, 5.41) is 8.85. The lowest BCUT2D eigenvalue weighted by molar-refractivity contribution is 0.150. The van der Waals surface area contributed by atoms with E-state index in [4.69, 9.17) is 5.11 Å². The van der Waals surface area contributed by atoms with Crippen LogP contribution >= 0.6 is 15.9 Å². The van der Waals surface area contributed by atoms with Crippen LogP contribution in [0.2, 0.25) is 0 Å². The average molecular weight is 241 g/mol. The smallest absolute Gasteiger partial charge is 0.263 e. The Kier molecular flexibility index (Phi) is 2.62. The summed E-state index contributed by atoms with van der Waals surface area (Å²) in [4.78, 5) is 0. The SMILES string of the molecule is Oc1c(F)cc(C(F)F)cc1Br. The number of rotatable bonds is 1. The Morgan fingerprint density at radius 1 is 1.33 bits per heavy atom. The Hall–Kier alpha value is -0.710. The van der Waals surface area contributed by atoms with Crippen LogP contribution in [0.1, 0.15) is 12.0 Å². The predicted molar refractivity (Wildman–Crippen MR) is 40.7 cm³/mol. The van der Waals surface area contributed by atoms with Gasteiger partial charge in [0.2, 0.25) is 0 Å². The third-order valence-corrected chi connectivity index (χ3v) is 1.90. The molecule has 5 heteroatoms. The normalized spacial score (nSPS) is 10.8. The Morgan fingerprint density at radius 3 is 2.33 bits per heavy atom. The Labute approximate surface area is 75.0 Å². The average Bonchev–Trinajstić information content (AvgIpc) is 1.99. The number of phenolic OH excluding ortho intramolecular Hbond substituents is 1. The molecule has 0 bridgehead atoms. The van der Waals surface area contributed by atoms with Crippen molar-refractivity contribution in [3.63, 3.8) is 0 Å². The van der Waals surface area contributed by atoms with Crippen molar-refractivity contribution in [1.82, 2.24) is 0 Å². The third-order valence-electron chi connectivity index (χ3n) is 1.29. The van der Waals surface area contributed by atoms with Crippen LogP contribution in [-0.4, -0.2) is 5.11 Å². The Bertz CT molecular complexity index is 278. The molecule has 0 aliphatic rings. The Morgan fingerprint density at radius 2 is 1.92 bits per heavy atom. The van der Waals surface area contributed by atoms with E-state index in [1.165, 1.54) is 0 Å². The highest BCUT2D eigenvalue weighted by molar-refractivity contribution is 9.10. The maximum Gasteiger partial charge on any atom is 0.263 e. The second-order valence-corrected chi connectivity index (χ2v) is 2.99. The highest BCUT2D eigenvalue weighted by atomic mass is 79.9. The zero-order valence-corrected chi connectivity index (χ0v) is 7.28. The molecule has 1 aromatic carbocycles. The monoisotopic (exact) mass is 240 g/mol. The number of alkyl halides is 2. The van der Waals surface area contributed by atoms with Crippen molar-refractivity contribution in [1.29, 1.82) is 0 Å². The van der Waals surface area contributed by atoms with E-state index in [1.54, 1.807) is 0 Å². The van der Waals surface area contributed by atoms with E-state index in [0.29, 0.717) is 6.07 Å². The van der Waals surface area contributed by atoms with Crippen molar-refractivity contribution in [3.8, 4) is 5.75 Å². The summed E-state index contributed by atoms with van der Waals surface area (Å²) >= 11 is 2.74. The van der Waals surface area contributed by atoms with Crippen molar-refractivity contribution in [2.75, 3.05) is 0 Å². The molecule has 0 saturated carbocycles. The summed E-state index contributed by atoms with van der Waals surface area (Å²) in [6.45, 7) is 0. The van der Waals surface area contributed by atoms with Gasteiger partial charge in [0.1, 0.15) is 0 Å².